The summed E-state index contributed by atoms with van der Waals surface area (Å²) in [4.78, 5) is 0. The van der Waals surface area contributed by atoms with Gasteiger partial charge in [0.15, 0.2) is 0 Å². The lowest BCUT2D eigenvalue weighted by atomic mass is 9.73. The van der Waals surface area contributed by atoms with E-state index in [1.54, 1.807) is 0 Å². The average molecular weight is 241 g/mol. The molecule has 2 nitrogen and oxygen atoms in total. The van der Waals surface area contributed by atoms with E-state index >= 15 is 0 Å². The van der Waals surface area contributed by atoms with Gasteiger partial charge < -0.3 is 10.4 Å². The molecule has 1 fully saturated rings. The quantitative estimate of drug-likeness (QED) is 0.748. The largest absolute Gasteiger partial charge is 0.389 e. The smallest absolute Gasteiger partial charge is 0.0771 e. The Morgan fingerprint density at radius 1 is 1.24 bits per heavy atom. The van der Waals surface area contributed by atoms with Gasteiger partial charge in [0.05, 0.1) is 5.60 Å². The van der Waals surface area contributed by atoms with E-state index in [-0.39, 0.29) is 0 Å². The highest BCUT2D eigenvalue weighted by atomic mass is 16.3. The second kappa shape index (κ2) is 6.75. The van der Waals surface area contributed by atoms with Gasteiger partial charge in [-0.3, -0.25) is 0 Å². The molecule has 1 aliphatic carbocycles. The summed E-state index contributed by atoms with van der Waals surface area (Å²) in [5.74, 6) is 2.05. The highest BCUT2D eigenvalue weighted by Gasteiger charge is 2.34. The van der Waals surface area contributed by atoms with Crippen molar-refractivity contribution < 1.29 is 5.11 Å². The Labute approximate surface area is 107 Å². The zero-order valence-electron chi connectivity index (χ0n) is 12.1. The molecule has 2 heteroatoms. The molecular weight excluding hydrogens is 210 g/mol. The van der Waals surface area contributed by atoms with E-state index in [1.165, 1.54) is 32.1 Å². The highest BCUT2D eigenvalue weighted by Crippen LogP contribution is 2.36. The average Bonchev–Trinajstić information content (AvgIpc) is 2.28. The van der Waals surface area contributed by atoms with Gasteiger partial charge in [-0.15, -0.1) is 0 Å². The molecule has 0 aliphatic heterocycles. The van der Waals surface area contributed by atoms with Crippen molar-refractivity contribution in [1.82, 2.24) is 5.32 Å². The van der Waals surface area contributed by atoms with Crippen LogP contribution in [0.4, 0.5) is 0 Å². The summed E-state index contributed by atoms with van der Waals surface area (Å²) in [5, 5.41) is 13.9. The number of rotatable bonds is 6. The maximum Gasteiger partial charge on any atom is 0.0771 e. The lowest BCUT2D eigenvalue weighted by Gasteiger charge is -2.38. The first kappa shape index (κ1) is 15.0. The molecule has 0 amide bonds. The molecule has 0 bridgehead atoms. The van der Waals surface area contributed by atoms with Crippen LogP contribution in [0, 0.1) is 17.8 Å². The Hall–Kier alpha value is -0.0800. The van der Waals surface area contributed by atoms with Crippen molar-refractivity contribution in [2.45, 2.75) is 65.4 Å². The van der Waals surface area contributed by atoms with Crippen molar-refractivity contribution in [3.8, 4) is 0 Å². The van der Waals surface area contributed by atoms with Crippen molar-refractivity contribution in [3.63, 3.8) is 0 Å². The van der Waals surface area contributed by atoms with Gasteiger partial charge in [0.1, 0.15) is 0 Å². The van der Waals surface area contributed by atoms with Crippen LogP contribution in [-0.4, -0.2) is 23.8 Å². The van der Waals surface area contributed by atoms with Crippen LogP contribution < -0.4 is 5.32 Å². The molecule has 102 valence electrons. The Morgan fingerprint density at radius 2 is 1.82 bits per heavy atom. The second-order valence-corrected chi connectivity index (χ2v) is 6.51. The number of hydrogen-bond acceptors (Lipinski definition) is 2. The molecule has 1 unspecified atom stereocenters. The predicted molar refractivity (Wildman–Crippen MR) is 74.1 cm³/mol. The van der Waals surface area contributed by atoms with Crippen LogP contribution >= 0.6 is 0 Å². The molecule has 2 N–H and O–H groups in total. The van der Waals surface area contributed by atoms with Gasteiger partial charge in [0.2, 0.25) is 0 Å². The summed E-state index contributed by atoms with van der Waals surface area (Å²) >= 11 is 0. The van der Waals surface area contributed by atoms with Crippen LogP contribution in [0.5, 0.6) is 0 Å². The third kappa shape index (κ3) is 4.97. The predicted octanol–water partition coefficient (Wildman–Crippen LogP) is 3.20. The lowest BCUT2D eigenvalue weighted by Crippen LogP contribution is -2.46. The number of nitrogens with one attached hydrogen (secondary N) is 1. The Morgan fingerprint density at radius 3 is 2.29 bits per heavy atom. The fourth-order valence-corrected chi connectivity index (χ4v) is 2.95. The van der Waals surface area contributed by atoms with E-state index in [1.807, 2.05) is 6.92 Å². The Balaban J connectivity index is 2.32. The molecule has 0 spiro atoms. The van der Waals surface area contributed by atoms with E-state index in [2.05, 4.69) is 26.1 Å². The molecule has 0 aromatic heterocycles. The SMILES string of the molecule is CCC1CCC(C(C)(O)CNCC(C)C)CC1. The van der Waals surface area contributed by atoms with Gasteiger partial charge in [-0.25, -0.2) is 0 Å². The third-order valence-electron chi connectivity index (χ3n) is 4.34. The zero-order chi connectivity index (χ0) is 12.9. The summed E-state index contributed by atoms with van der Waals surface area (Å²) < 4.78 is 0. The summed E-state index contributed by atoms with van der Waals surface area (Å²) in [6.07, 6.45) is 6.33. The van der Waals surface area contributed by atoms with Crippen LogP contribution in [0.2, 0.25) is 0 Å². The first-order valence-corrected chi connectivity index (χ1v) is 7.38. The van der Waals surface area contributed by atoms with Crippen molar-refractivity contribution in [2.75, 3.05) is 13.1 Å². The van der Waals surface area contributed by atoms with Gasteiger partial charge in [-0.2, -0.15) is 0 Å². The van der Waals surface area contributed by atoms with Gasteiger partial charge in [0, 0.05) is 6.54 Å². The van der Waals surface area contributed by atoms with E-state index < -0.39 is 5.60 Å². The minimum absolute atomic E-state index is 0.491. The molecule has 0 heterocycles. The standard InChI is InChI=1S/C15H31NO/c1-5-13-6-8-14(9-7-13)15(4,17)11-16-10-12(2)3/h12-14,16-17H,5-11H2,1-4H3. The van der Waals surface area contributed by atoms with Gasteiger partial charge in [-0.05, 0) is 44.1 Å². The van der Waals surface area contributed by atoms with E-state index in [0.29, 0.717) is 11.8 Å². The maximum atomic E-state index is 10.5. The van der Waals surface area contributed by atoms with Crippen LogP contribution in [0.15, 0.2) is 0 Å². The van der Waals surface area contributed by atoms with Gasteiger partial charge >= 0.3 is 0 Å². The normalized spacial score (nSPS) is 29.3. The molecule has 1 atom stereocenters. The zero-order valence-corrected chi connectivity index (χ0v) is 12.1. The maximum absolute atomic E-state index is 10.5. The first-order valence-electron chi connectivity index (χ1n) is 7.38. The molecular formula is C15H31NO. The summed E-state index contributed by atoms with van der Waals surface area (Å²) in [6, 6.07) is 0. The van der Waals surface area contributed by atoms with Crippen molar-refractivity contribution in [3.05, 3.63) is 0 Å². The number of aliphatic hydroxyl groups is 1. The van der Waals surface area contributed by atoms with Gasteiger partial charge in [0.25, 0.3) is 0 Å². The second-order valence-electron chi connectivity index (χ2n) is 6.51. The molecule has 0 radical (unpaired) electrons. The van der Waals surface area contributed by atoms with Crippen LogP contribution in [-0.2, 0) is 0 Å². The Bertz CT molecular complexity index is 205. The fraction of sp³-hybridized carbons (Fsp3) is 1.00. The summed E-state index contributed by atoms with van der Waals surface area (Å²) in [7, 11) is 0. The molecule has 1 saturated carbocycles. The highest BCUT2D eigenvalue weighted by molar-refractivity contribution is 4.87. The van der Waals surface area contributed by atoms with Crippen molar-refractivity contribution in [1.29, 1.82) is 0 Å². The van der Waals surface area contributed by atoms with Gasteiger partial charge in [-0.1, -0.05) is 40.0 Å². The monoisotopic (exact) mass is 241 g/mol. The van der Waals surface area contributed by atoms with E-state index in [0.717, 1.165) is 19.0 Å². The van der Waals surface area contributed by atoms with Crippen molar-refractivity contribution in [2.24, 2.45) is 17.8 Å². The summed E-state index contributed by atoms with van der Waals surface area (Å²) in [6.45, 7) is 10.4. The summed E-state index contributed by atoms with van der Waals surface area (Å²) in [5.41, 5.74) is -0.520. The van der Waals surface area contributed by atoms with Crippen LogP contribution in [0.1, 0.15) is 59.8 Å². The first-order chi connectivity index (χ1) is 7.95. The Kier molecular flexibility index (Phi) is 5.94. The third-order valence-corrected chi connectivity index (χ3v) is 4.34. The molecule has 0 saturated heterocycles. The van der Waals surface area contributed by atoms with Crippen LogP contribution in [0.3, 0.4) is 0 Å². The van der Waals surface area contributed by atoms with Crippen molar-refractivity contribution >= 4 is 0 Å². The molecule has 0 aromatic rings. The van der Waals surface area contributed by atoms with Crippen LogP contribution in [0.25, 0.3) is 0 Å². The molecule has 17 heavy (non-hydrogen) atoms. The fourth-order valence-electron chi connectivity index (χ4n) is 2.95. The minimum Gasteiger partial charge on any atom is -0.389 e. The topological polar surface area (TPSA) is 32.3 Å². The molecule has 0 aromatic carbocycles. The minimum atomic E-state index is -0.520. The van der Waals surface area contributed by atoms with E-state index in [9.17, 15) is 5.11 Å². The lowest BCUT2D eigenvalue weighted by molar-refractivity contribution is -0.0215. The number of hydrogen-bond donors (Lipinski definition) is 2. The molecule has 1 rings (SSSR count). The molecule has 1 aliphatic rings. The van der Waals surface area contributed by atoms with E-state index in [4.69, 9.17) is 0 Å².